The molecule has 0 spiro atoms. The van der Waals surface area contributed by atoms with E-state index in [1.54, 1.807) is 30.3 Å². The molecule has 2 rings (SSSR count). The number of carbonyl (C=O) groups excluding carboxylic acids is 2. The number of carbonyl (C=O) groups is 2. The van der Waals surface area contributed by atoms with E-state index in [0.29, 0.717) is 20.2 Å². The first-order valence-electron chi connectivity index (χ1n) is 7.36. The average molecular weight is 548 g/mol. The highest BCUT2D eigenvalue weighted by molar-refractivity contribution is 9.11. The highest BCUT2D eigenvalue weighted by atomic mass is 79.9. The summed E-state index contributed by atoms with van der Waals surface area (Å²) in [6.07, 6.45) is 1.41. The van der Waals surface area contributed by atoms with Crippen LogP contribution in [0.15, 0.2) is 54.9 Å². The normalized spacial score (nSPS) is 12.0. The molecule has 136 valence electrons. The number of aromatic hydroxyl groups is 1. The van der Waals surface area contributed by atoms with E-state index >= 15 is 0 Å². The molecule has 0 heterocycles. The molecule has 0 radical (unpaired) electrons. The average Bonchev–Trinajstić information content (AvgIpc) is 2.60. The third-order valence-corrected chi connectivity index (χ3v) is 5.25. The van der Waals surface area contributed by atoms with Gasteiger partial charge in [-0.05, 0) is 84.5 Å². The number of anilines is 1. The van der Waals surface area contributed by atoms with Gasteiger partial charge >= 0.3 is 0 Å². The molecular weight excluding hydrogens is 534 g/mol. The Balaban J connectivity index is 1.96. The third-order valence-electron chi connectivity index (χ3n) is 3.35. The van der Waals surface area contributed by atoms with Crippen LogP contribution < -0.4 is 10.7 Å². The molecule has 0 bridgehead atoms. The molecule has 0 aliphatic carbocycles. The standard InChI is InChI=1S/C17H14Br3N3O3/c1-9(16(25)22-14-5-3-2-4-11(14)18)17(26)23-21-8-10-6-12(19)15(24)13(20)7-10/h2-9,24H,1H3,(H,22,25)(H,23,26)/b21-8+. The Hall–Kier alpha value is -1.71. The predicted molar refractivity (Wildman–Crippen MR) is 111 cm³/mol. The Labute approximate surface area is 175 Å². The van der Waals surface area contributed by atoms with E-state index in [1.807, 2.05) is 6.07 Å². The molecule has 2 aromatic rings. The minimum absolute atomic E-state index is 0.0727. The molecule has 0 saturated carbocycles. The summed E-state index contributed by atoms with van der Waals surface area (Å²) in [6, 6.07) is 10.4. The van der Waals surface area contributed by atoms with Gasteiger partial charge < -0.3 is 10.4 Å². The molecule has 3 N–H and O–H groups in total. The maximum atomic E-state index is 12.2. The Bertz CT molecular complexity index is 848. The van der Waals surface area contributed by atoms with E-state index < -0.39 is 17.7 Å². The summed E-state index contributed by atoms with van der Waals surface area (Å²) in [5, 5.41) is 16.2. The SMILES string of the molecule is CC(C(=O)N/N=C/c1cc(Br)c(O)c(Br)c1)C(=O)Nc1ccccc1Br. The summed E-state index contributed by atoms with van der Waals surface area (Å²) in [7, 11) is 0. The number of phenols is 1. The fourth-order valence-electron chi connectivity index (χ4n) is 1.85. The van der Waals surface area contributed by atoms with Crippen LogP contribution in [0.5, 0.6) is 5.75 Å². The summed E-state index contributed by atoms with van der Waals surface area (Å²) in [5.41, 5.74) is 3.56. The predicted octanol–water partition coefficient (Wildman–Crippen LogP) is 4.40. The van der Waals surface area contributed by atoms with Gasteiger partial charge in [0.15, 0.2) is 0 Å². The van der Waals surface area contributed by atoms with Crippen molar-refractivity contribution in [1.82, 2.24) is 5.43 Å². The largest absolute Gasteiger partial charge is 0.506 e. The van der Waals surface area contributed by atoms with Crippen LogP contribution in [0.25, 0.3) is 0 Å². The van der Waals surface area contributed by atoms with E-state index in [-0.39, 0.29) is 5.75 Å². The number of hydrogen-bond donors (Lipinski definition) is 3. The van der Waals surface area contributed by atoms with Crippen LogP contribution in [0.1, 0.15) is 12.5 Å². The second-order valence-electron chi connectivity index (χ2n) is 5.26. The summed E-state index contributed by atoms with van der Waals surface area (Å²) in [5.74, 6) is -1.84. The molecular formula is C17H14Br3N3O3. The molecule has 0 fully saturated rings. The van der Waals surface area contributed by atoms with Crippen molar-refractivity contribution in [2.24, 2.45) is 11.0 Å². The molecule has 26 heavy (non-hydrogen) atoms. The summed E-state index contributed by atoms with van der Waals surface area (Å²) in [4.78, 5) is 24.3. The maximum Gasteiger partial charge on any atom is 0.252 e. The second kappa shape index (κ2) is 9.29. The number of phenolic OH excluding ortho intramolecular Hbond substituents is 1. The van der Waals surface area contributed by atoms with Crippen molar-refractivity contribution < 1.29 is 14.7 Å². The van der Waals surface area contributed by atoms with Gasteiger partial charge in [0, 0.05) is 4.47 Å². The van der Waals surface area contributed by atoms with Gasteiger partial charge in [0.1, 0.15) is 11.7 Å². The van der Waals surface area contributed by atoms with Crippen molar-refractivity contribution in [3.8, 4) is 5.75 Å². The topological polar surface area (TPSA) is 90.8 Å². The van der Waals surface area contributed by atoms with Crippen molar-refractivity contribution >= 4 is 71.5 Å². The van der Waals surface area contributed by atoms with Gasteiger partial charge in [-0.25, -0.2) is 5.43 Å². The molecule has 0 aromatic heterocycles. The zero-order chi connectivity index (χ0) is 19.3. The van der Waals surface area contributed by atoms with E-state index in [4.69, 9.17) is 0 Å². The van der Waals surface area contributed by atoms with Gasteiger partial charge in [0.2, 0.25) is 5.91 Å². The van der Waals surface area contributed by atoms with Gasteiger partial charge in [0.25, 0.3) is 5.91 Å². The van der Waals surface area contributed by atoms with Crippen molar-refractivity contribution in [2.75, 3.05) is 5.32 Å². The highest BCUT2D eigenvalue weighted by Gasteiger charge is 2.21. The number of nitrogens with zero attached hydrogens (tertiary/aromatic N) is 1. The molecule has 1 unspecified atom stereocenters. The zero-order valence-electron chi connectivity index (χ0n) is 13.5. The lowest BCUT2D eigenvalue weighted by Crippen LogP contribution is -2.34. The van der Waals surface area contributed by atoms with Crippen LogP contribution in [0.2, 0.25) is 0 Å². The Morgan fingerprint density at radius 3 is 2.31 bits per heavy atom. The quantitative estimate of drug-likeness (QED) is 0.294. The second-order valence-corrected chi connectivity index (χ2v) is 7.82. The van der Waals surface area contributed by atoms with E-state index in [0.717, 1.165) is 4.47 Å². The number of halogens is 3. The molecule has 0 aliphatic rings. The van der Waals surface area contributed by atoms with Crippen molar-refractivity contribution in [2.45, 2.75) is 6.92 Å². The van der Waals surface area contributed by atoms with Crippen LogP contribution in [-0.4, -0.2) is 23.1 Å². The fraction of sp³-hybridized carbons (Fsp3) is 0.118. The molecule has 2 aromatic carbocycles. The number of hydrogen-bond acceptors (Lipinski definition) is 4. The number of para-hydroxylation sites is 1. The smallest absolute Gasteiger partial charge is 0.252 e. The lowest BCUT2D eigenvalue weighted by atomic mass is 10.1. The van der Waals surface area contributed by atoms with Gasteiger partial charge in [0.05, 0.1) is 20.8 Å². The molecule has 2 amide bonds. The Morgan fingerprint density at radius 2 is 1.69 bits per heavy atom. The zero-order valence-corrected chi connectivity index (χ0v) is 18.2. The summed E-state index contributed by atoms with van der Waals surface area (Å²) in [6.45, 7) is 1.49. The number of rotatable bonds is 5. The molecule has 6 nitrogen and oxygen atoms in total. The van der Waals surface area contributed by atoms with E-state index in [9.17, 15) is 14.7 Å². The Morgan fingerprint density at radius 1 is 1.08 bits per heavy atom. The van der Waals surface area contributed by atoms with Crippen LogP contribution in [0, 0.1) is 5.92 Å². The molecule has 1 atom stereocenters. The lowest BCUT2D eigenvalue weighted by molar-refractivity contribution is -0.131. The highest BCUT2D eigenvalue weighted by Crippen LogP contribution is 2.32. The van der Waals surface area contributed by atoms with Gasteiger partial charge in [-0.1, -0.05) is 12.1 Å². The summed E-state index contributed by atoms with van der Waals surface area (Å²) < 4.78 is 1.70. The van der Waals surface area contributed by atoms with Gasteiger partial charge in [-0.15, -0.1) is 0 Å². The number of benzene rings is 2. The number of amides is 2. The number of hydrazone groups is 1. The molecule has 0 saturated heterocycles. The van der Waals surface area contributed by atoms with Crippen LogP contribution in [0.4, 0.5) is 5.69 Å². The first-order valence-corrected chi connectivity index (χ1v) is 9.74. The van der Waals surface area contributed by atoms with Crippen LogP contribution in [0.3, 0.4) is 0 Å². The molecule has 0 aliphatic heterocycles. The minimum atomic E-state index is -0.933. The van der Waals surface area contributed by atoms with Gasteiger partial charge in [-0.3, -0.25) is 9.59 Å². The van der Waals surface area contributed by atoms with E-state index in [2.05, 4.69) is 63.6 Å². The first-order chi connectivity index (χ1) is 12.3. The van der Waals surface area contributed by atoms with Crippen molar-refractivity contribution in [1.29, 1.82) is 0 Å². The number of nitrogens with one attached hydrogen (secondary N) is 2. The Kier molecular flexibility index (Phi) is 7.36. The van der Waals surface area contributed by atoms with Crippen LogP contribution >= 0.6 is 47.8 Å². The third kappa shape index (κ3) is 5.39. The van der Waals surface area contributed by atoms with Crippen molar-refractivity contribution in [3.05, 3.63) is 55.4 Å². The lowest BCUT2D eigenvalue weighted by Gasteiger charge is -2.11. The van der Waals surface area contributed by atoms with Gasteiger partial charge in [-0.2, -0.15) is 5.10 Å². The maximum absolute atomic E-state index is 12.2. The fourth-order valence-corrected chi connectivity index (χ4v) is 3.46. The molecule has 9 heteroatoms. The first kappa shape index (κ1) is 20.6. The summed E-state index contributed by atoms with van der Waals surface area (Å²) >= 11 is 9.75. The van der Waals surface area contributed by atoms with E-state index in [1.165, 1.54) is 13.1 Å². The minimum Gasteiger partial charge on any atom is -0.506 e. The van der Waals surface area contributed by atoms with Crippen LogP contribution in [-0.2, 0) is 9.59 Å². The monoisotopic (exact) mass is 545 g/mol. The van der Waals surface area contributed by atoms with Crippen molar-refractivity contribution in [3.63, 3.8) is 0 Å².